The van der Waals surface area contributed by atoms with Crippen molar-refractivity contribution in [2.24, 2.45) is 13.0 Å². The number of hydrogen-bond acceptors (Lipinski definition) is 6. The van der Waals surface area contributed by atoms with E-state index in [1.807, 2.05) is 44.3 Å². The minimum absolute atomic E-state index is 0.325. The summed E-state index contributed by atoms with van der Waals surface area (Å²) in [6.07, 6.45) is 2.41. The first-order valence-corrected chi connectivity index (χ1v) is 13.2. The van der Waals surface area contributed by atoms with Gasteiger partial charge in [-0.15, -0.1) is 10.2 Å². The Hall–Kier alpha value is -3.21. The van der Waals surface area contributed by atoms with E-state index in [4.69, 9.17) is 5.26 Å². The van der Waals surface area contributed by atoms with E-state index < -0.39 is 0 Å². The van der Waals surface area contributed by atoms with E-state index in [0.717, 1.165) is 69.9 Å². The van der Waals surface area contributed by atoms with Gasteiger partial charge in [0, 0.05) is 47.9 Å². The van der Waals surface area contributed by atoms with Gasteiger partial charge >= 0.3 is 0 Å². The number of fused-ring (bicyclic) bond motifs is 2. The summed E-state index contributed by atoms with van der Waals surface area (Å²) >= 11 is 1.78. The topological polar surface area (TPSA) is 70.6 Å². The Kier molecular flexibility index (Phi) is 5.58. The summed E-state index contributed by atoms with van der Waals surface area (Å²) in [6, 6.07) is 20.8. The van der Waals surface area contributed by atoms with Crippen LogP contribution >= 0.6 is 11.8 Å². The summed E-state index contributed by atoms with van der Waals surface area (Å²) in [4.78, 5) is 7.27. The summed E-state index contributed by atoms with van der Waals surface area (Å²) in [5.41, 5.74) is 5.55. The average molecular weight is 481 g/mol. The number of hydrogen-bond donors (Lipinski definition) is 0. The Bertz CT molecular complexity index is 1440. The zero-order valence-electron chi connectivity index (χ0n) is 20.1. The predicted molar refractivity (Wildman–Crippen MR) is 139 cm³/mol. The average Bonchev–Trinajstić information content (AvgIpc) is 3.25. The maximum atomic E-state index is 9.07. The Morgan fingerprint density at radius 2 is 1.97 bits per heavy atom. The first-order chi connectivity index (χ1) is 17.1. The van der Waals surface area contributed by atoms with Crippen LogP contribution in [-0.4, -0.2) is 50.0 Å². The molecule has 1 aliphatic carbocycles. The Labute approximate surface area is 210 Å². The second-order valence-corrected chi connectivity index (χ2v) is 10.9. The lowest BCUT2D eigenvalue weighted by Gasteiger charge is -2.21. The second kappa shape index (κ2) is 8.78. The number of rotatable bonds is 7. The third-order valence-electron chi connectivity index (χ3n) is 7.60. The van der Waals surface area contributed by atoms with Crippen LogP contribution in [0, 0.1) is 24.2 Å². The van der Waals surface area contributed by atoms with Crippen molar-refractivity contribution in [3.63, 3.8) is 0 Å². The monoisotopic (exact) mass is 480 g/mol. The van der Waals surface area contributed by atoms with Crippen LogP contribution in [-0.2, 0) is 12.5 Å². The molecule has 176 valence electrons. The Morgan fingerprint density at radius 1 is 1.11 bits per heavy atom. The number of thioether (sulfide) groups is 1. The Balaban J connectivity index is 1.06. The van der Waals surface area contributed by atoms with Gasteiger partial charge in [-0.2, -0.15) is 5.26 Å². The van der Waals surface area contributed by atoms with Crippen LogP contribution in [0.3, 0.4) is 0 Å². The molecule has 4 aromatic rings. The van der Waals surface area contributed by atoms with E-state index in [1.165, 1.54) is 18.5 Å². The molecule has 1 saturated carbocycles. The van der Waals surface area contributed by atoms with E-state index in [1.54, 1.807) is 11.8 Å². The zero-order valence-corrected chi connectivity index (χ0v) is 20.9. The molecule has 1 aliphatic heterocycles. The number of likely N-dealkylation sites (tertiary alicyclic amines) is 1. The standard InChI is InChI=1S/C28H28N6S/c1-19-7-12-23-24(5-3-6-25(23)30-19)26-31-32-27(33(26)2)35-14-4-13-34-17-22-15-28(22,18-34)21-10-8-20(16-29)9-11-21/h3,5-12,22H,4,13-15,17-18H2,1-2H3/t22-,28?/m1/s1. The van der Waals surface area contributed by atoms with E-state index in [9.17, 15) is 0 Å². The van der Waals surface area contributed by atoms with Crippen molar-refractivity contribution in [1.29, 1.82) is 5.26 Å². The highest BCUT2D eigenvalue weighted by Crippen LogP contribution is 2.58. The minimum atomic E-state index is 0.325. The molecule has 2 fully saturated rings. The first kappa shape index (κ1) is 22.3. The van der Waals surface area contributed by atoms with Gasteiger partial charge in [-0.05, 0) is 62.1 Å². The number of nitriles is 1. The number of piperidine rings is 1. The van der Waals surface area contributed by atoms with Crippen LogP contribution in [0.5, 0.6) is 0 Å². The molecule has 2 atom stereocenters. The van der Waals surface area contributed by atoms with Crippen molar-refractivity contribution in [3.05, 3.63) is 71.4 Å². The second-order valence-electron chi connectivity index (χ2n) is 9.87. The SMILES string of the molecule is Cc1ccc2c(-c3nnc(SCCCN4C[C@H]5CC5(c5ccc(C#N)cc5)C4)n3C)cccc2n1. The quantitative estimate of drug-likeness (QED) is 0.275. The molecule has 6 nitrogen and oxygen atoms in total. The van der Waals surface area contributed by atoms with Crippen molar-refractivity contribution < 1.29 is 0 Å². The van der Waals surface area contributed by atoms with Gasteiger partial charge in [0.2, 0.25) is 0 Å². The van der Waals surface area contributed by atoms with Gasteiger partial charge in [-0.25, -0.2) is 0 Å². The fraction of sp³-hybridized carbons (Fsp3) is 0.357. The molecule has 2 aromatic carbocycles. The van der Waals surface area contributed by atoms with Crippen molar-refractivity contribution in [2.45, 2.75) is 30.3 Å². The van der Waals surface area contributed by atoms with Gasteiger partial charge in [0.25, 0.3) is 0 Å². The highest BCUT2D eigenvalue weighted by molar-refractivity contribution is 7.99. The highest BCUT2D eigenvalue weighted by Gasteiger charge is 2.60. The third-order valence-corrected chi connectivity index (χ3v) is 8.71. The van der Waals surface area contributed by atoms with Crippen molar-refractivity contribution in [3.8, 4) is 17.5 Å². The molecule has 0 spiro atoms. The summed E-state index contributed by atoms with van der Waals surface area (Å²) in [7, 11) is 2.05. The predicted octanol–water partition coefficient (Wildman–Crippen LogP) is 4.97. The lowest BCUT2D eigenvalue weighted by Crippen LogP contribution is -2.27. The smallest absolute Gasteiger partial charge is 0.191 e. The lowest BCUT2D eigenvalue weighted by molar-refractivity contribution is 0.299. The molecular weight excluding hydrogens is 452 g/mol. The van der Waals surface area contributed by atoms with E-state index in [-0.39, 0.29) is 0 Å². The largest absolute Gasteiger partial charge is 0.305 e. The molecule has 3 heterocycles. The van der Waals surface area contributed by atoms with Gasteiger partial charge < -0.3 is 9.47 Å². The van der Waals surface area contributed by atoms with Gasteiger partial charge in [0.05, 0.1) is 17.1 Å². The maximum absolute atomic E-state index is 9.07. The van der Waals surface area contributed by atoms with E-state index >= 15 is 0 Å². The number of aryl methyl sites for hydroxylation is 1. The normalized spacial score (nSPS) is 21.2. The van der Waals surface area contributed by atoms with Gasteiger partial charge in [-0.1, -0.05) is 42.1 Å². The molecule has 2 aromatic heterocycles. The lowest BCUT2D eigenvalue weighted by atomic mass is 9.94. The maximum Gasteiger partial charge on any atom is 0.191 e. The molecule has 0 radical (unpaired) electrons. The molecule has 1 unspecified atom stereocenters. The van der Waals surface area contributed by atoms with Crippen molar-refractivity contribution in [2.75, 3.05) is 25.4 Å². The summed E-state index contributed by atoms with van der Waals surface area (Å²) in [6.45, 7) is 5.45. The first-order valence-electron chi connectivity index (χ1n) is 12.2. The van der Waals surface area contributed by atoms with Crippen LogP contribution < -0.4 is 0 Å². The molecule has 0 amide bonds. The molecule has 35 heavy (non-hydrogen) atoms. The fourth-order valence-electron chi connectivity index (χ4n) is 5.66. The van der Waals surface area contributed by atoms with Crippen LogP contribution in [0.15, 0.2) is 59.8 Å². The van der Waals surface area contributed by atoms with Crippen molar-refractivity contribution >= 4 is 22.7 Å². The van der Waals surface area contributed by atoms with E-state index in [0.29, 0.717) is 5.41 Å². The number of pyridine rings is 1. The van der Waals surface area contributed by atoms with E-state index in [2.05, 4.69) is 55.0 Å². The van der Waals surface area contributed by atoms with Crippen molar-refractivity contribution in [1.82, 2.24) is 24.6 Å². The minimum Gasteiger partial charge on any atom is -0.305 e. The molecule has 7 heteroatoms. The molecule has 1 saturated heterocycles. The molecular formula is C28H28N6S. The summed E-state index contributed by atoms with van der Waals surface area (Å²) < 4.78 is 2.10. The molecule has 2 aliphatic rings. The van der Waals surface area contributed by atoms with Crippen LogP contribution in [0.25, 0.3) is 22.3 Å². The number of aromatic nitrogens is 4. The summed E-state index contributed by atoms with van der Waals surface area (Å²) in [5, 5.41) is 20.1. The van der Waals surface area contributed by atoms with Crippen LogP contribution in [0.4, 0.5) is 0 Å². The van der Waals surface area contributed by atoms with Gasteiger partial charge in [0.15, 0.2) is 11.0 Å². The number of nitrogens with zero attached hydrogens (tertiary/aromatic N) is 6. The van der Waals surface area contributed by atoms with Crippen LogP contribution in [0.2, 0.25) is 0 Å². The van der Waals surface area contributed by atoms with Crippen LogP contribution in [0.1, 0.15) is 29.7 Å². The summed E-state index contributed by atoms with van der Waals surface area (Å²) in [5.74, 6) is 2.67. The Morgan fingerprint density at radius 3 is 2.80 bits per heavy atom. The highest BCUT2D eigenvalue weighted by atomic mass is 32.2. The number of benzene rings is 2. The molecule has 6 rings (SSSR count). The molecule has 0 bridgehead atoms. The van der Waals surface area contributed by atoms with Gasteiger partial charge in [0.1, 0.15) is 0 Å². The third kappa shape index (κ3) is 4.01. The van der Waals surface area contributed by atoms with Gasteiger partial charge in [-0.3, -0.25) is 4.98 Å². The zero-order chi connectivity index (χ0) is 24.0. The fourth-order valence-corrected chi connectivity index (χ4v) is 6.49. The molecule has 0 N–H and O–H groups in total.